The number of nitrogens with zero attached hydrogens (tertiary/aromatic N) is 4. The predicted molar refractivity (Wildman–Crippen MR) is 254 cm³/mol. The van der Waals surface area contributed by atoms with E-state index in [9.17, 15) is 57.9 Å². The first kappa shape index (κ1) is 56.7. The van der Waals surface area contributed by atoms with Crippen LogP contribution in [-0.4, -0.2) is 118 Å². The van der Waals surface area contributed by atoms with Gasteiger partial charge in [0.1, 0.15) is 42.0 Å². The smallest absolute Gasteiger partial charge is 0.386 e. The summed E-state index contributed by atoms with van der Waals surface area (Å²) in [7, 11) is -16.4. The lowest BCUT2D eigenvalue weighted by Gasteiger charge is -2.30. The molecule has 7 atom stereocenters. The number of phosphoric ester groups is 3. The van der Waals surface area contributed by atoms with Gasteiger partial charge in [-0.2, -0.15) is 4.31 Å². The Labute approximate surface area is 411 Å². The van der Waals surface area contributed by atoms with Crippen LogP contribution in [0.25, 0.3) is 11.2 Å². The molecule has 1 aliphatic heterocycles. The summed E-state index contributed by atoms with van der Waals surface area (Å²) in [5, 5.41) is 26.7. The Morgan fingerprint density at radius 3 is 2.13 bits per heavy atom. The molecule has 6 rings (SSSR count). The zero-order chi connectivity index (χ0) is 51.8. The molecule has 3 aliphatic rings. The van der Waals surface area contributed by atoms with Crippen LogP contribution in [0.1, 0.15) is 122 Å². The van der Waals surface area contributed by atoms with Gasteiger partial charge in [0.05, 0.1) is 19.5 Å². The molecule has 27 heteroatoms. The van der Waals surface area contributed by atoms with Gasteiger partial charge in [0.25, 0.3) is 0 Å². The van der Waals surface area contributed by atoms with Crippen LogP contribution in [0.3, 0.4) is 0 Å². The highest BCUT2D eigenvalue weighted by molar-refractivity contribution is 7.61. The van der Waals surface area contributed by atoms with Crippen molar-refractivity contribution >= 4 is 58.0 Å². The number of phosphoric acid groups is 3. The molecule has 1 aromatic carbocycles. The number of fused-ring (bicyclic) bond motifs is 1. The maximum atomic E-state index is 13.1. The number of carbonyl (C=O) groups excluding carboxylic acids is 3. The Hall–Kier alpha value is -3.57. The highest BCUT2D eigenvalue weighted by Gasteiger charge is 2.51. The zero-order valence-corrected chi connectivity index (χ0v) is 42.9. The third-order valence-corrected chi connectivity index (χ3v) is 16.5. The third-order valence-electron chi connectivity index (χ3n) is 13.4. The van der Waals surface area contributed by atoms with Crippen molar-refractivity contribution in [3.63, 3.8) is 0 Å². The minimum absolute atomic E-state index is 0.0330. The van der Waals surface area contributed by atoms with Crippen LogP contribution >= 0.6 is 23.5 Å². The standard InChI is InChI=1S/C44H68N7O17P3/c1-42(2,26-65-71(62,63)68-70(60,61)64-25-31-36(67-69(57,58)59)35(54)41(66-31)51-28-50-34-38(45)48-27-49-39(34)51)37(55)40(56)47-24-16-33(53)46-23-15-32(52)44(21-22-44)18-7-4-5-9-29-11-13-30(14-12-29)10-6-8-17-43(3)19-20-43/h11-14,27-28,31,35-37,41,54-55H,4-10,15-26H2,1-3H3,(H,46,53)(H,47,56)(H,60,61)(H,62,63)(H2,45,48,49)(H2,57,58,59). The fourth-order valence-corrected chi connectivity index (χ4v) is 11.4. The monoisotopic (exact) mass is 1060 g/mol. The second-order valence-corrected chi connectivity index (χ2v) is 24.2. The van der Waals surface area contributed by atoms with Crippen molar-refractivity contribution in [1.82, 2.24) is 30.2 Å². The van der Waals surface area contributed by atoms with Gasteiger partial charge in [0.15, 0.2) is 17.7 Å². The molecule has 7 unspecified atom stereocenters. The number of imidazole rings is 1. The lowest BCUT2D eigenvalue weighted by Crippen LogP contribution is -2.46. The van der Waals surface area contributed by atoms with Gasteiger partial charge >= 0.3 is 23.5 Å². The first-order chi connectivity index (χ1) is 33.3. The van der Waals surface area contributed by atoms with Gasteiger partial charge < -0.3 is 50.9 Å². The topological polar surface area (TPSA) is 364 Å². The molecular formula is C44H68N7O17P3. The van der Waals surface area contributed by atoms with Crippen LogP contribution in [0.15, 0.2) is 36.9 Å². The van der Waals surface area contributed by atoms with Gasteiger partial charge in [-0.05, 0) is 80.8 Å². The molecule has 1 saturated heterocycles. The zero-order valence-electron chi connectivity index (χ0n) is 40.2. The highest BCUT2D eigenvalue weighted by Crippen LogP contribution is 2.61. The minimum atomic E-state index is -5.58. The van der Waals surface area contributed by atoms with Crippen molar-refractivity contribution in [3.8, 4) is 0 Å². The van der Waals surface area contributed by atoms with E-state index in [0.29, 0.717) is 5.41 Å². The number of aliphatic hydroxyl groups is 2. The van der Waals surface area contributed by atoms with Crippen molar-refractivity contribution in [1.29, 1.82) is 0 Å². The van der Waals surface area contributed by atoms with Crippen LogP contribution in [0.4, 0.5) is 5.82 Å². The number of aromatic nitrogens is 4. The van der Waals surface area contributed by atoms with Crippen molar-refractivity contribution in [2.75, 3.05) is 32.0 Å². The first-order valence-corrected chi connectivity index (χ1v) is 28.3. The number of anilines is 1. The molecule has 0 bridgehead atoms. The van der Waals surface area contributed by atoms with Crippen molar-refractivity contribution in [2.24, 2.45) is 16.2 Å². The van der Waals surface area contributed by atoms with Crippen LogP contribution in [0, 0.1) is 16.2 Å². The number of Topliss-reactive ketones (excluding diaryl/α,β-unsaturated/α-hetero) is 1. The minimum Gasteiger partial charge on any atom is -0.386 e. The third kappa shape index (κ3) is 16.7. The van der Waals surface area contributed by atoms with Crippen molar-refractivity contribution < 1.29 is 80.5 Å². The van der Waals surface area contributed by atoms with Crippen LogP contribution < -0.4 is 16.4 Å². The summed E-state index contributed by atoms with van der Waals surface area (Å²) in [4.78, 5) is 89.7. The fourth-order valence-electron chi connectivity index (χ4n) is 8.53. The first-order valence-electron chi connectivity index (χ1n) is 23.8. The molecule has 2 saturated carbocycles. The molecule has 10 N–H and O–H groups in total. The number of hydrogen-bond acceptors (Lipinski definition) is 17. The second kappa shape index (κ2) is 23.7. The average Bonchev–Trinajstić information content (AvgIpc) is 4.18. The Kier molecular flexibility index (Phi) is 19.0. The number of nitrogen functional groups attached to an aromatic ring is 1. The number of rotatable bonds is 31. The van der Waals surface area contributed by atoms with Gasteiger partial charge in [-0.3, -0.25) is 32.5 Å². The summed E-state index contributed by atoms with van der Waals surface area (Å²) in [6.45, 7) is 2.85. The number of amides is 2. The summed E-state index contributed by atoms with van der Waals surface area (Å²) >= 11 is 0. The molecule has 3 heterocycles. The van der Waals surface area contributed by atoms with E-state index in [4.69, 9.17) is 19.5 Å². The van der Waals surface area contributed by atoms with Crippen molar-refractivity contribution in [3.05, 3.63) is 48.0 Å². The largest absolute Gasteiger partial charge is 0.481 e. The molecule has 0 spiro atoms. The second-order valence-electron chi connectivity index (χ2n) is 19.9. The molecule has 24 nitrogen and oxygen atoms in total. The van der Waals surface area contributed by atoms with Gasteiger partial charge in [0, 0.05) is 36.8 Å². The average molecular weight is 1060 g/mol. The predicted octanol–water partition coefficient (Wildman–Crippen LogP) is 4.46. The van der Waals surface area contributed by atoms with E-state index in [0.717, 1.165) is 68.6 Å². The maximum absolute atomic E-state index is 13.1. The molecule has 396 valence electrons. The molecule has 2 aliphatic carbocycles. The molecular weight excluding hydrogens is 991 g/mol. The number of unbranched alkanes of at least 4 members (excludes halogenated alkanes) is 3. The lowest BCUT2D eigenvalue weighted by molar-refractivity contribution is -0.137. The summed E-state index contributed by atoms with van der Waals surface area (Å²) in [5.74, 6) is -1.31. The number of aryl methyl sites for hydroxylation is 2. The lowest BCUT2D eigenvalue weighted by atomic mass is 9.87. The molecule has 3 aromatic rings. The number of ether oxygens (including phenoxy) is 1. The summed E-state index contributed by atoms with van der Waals surface area (Å²) < 4.78 is 62.6. The SMILES string of the molecule is CC1(CCCCc2ccc(CCCCCC3(C(=O)CCNC(=O)CCNC(=O)C(O)C(C)(C)COP(=O)(O)OP(=O)(O)OCC4OC(n5cnc6c(N)ncnc65)C(O)C4OP(=O)(O)O)CC3)cc2)CC1. The van der Waals surface area contributed by atoms with E-state index in [2.05, 4.69) is 65.6 Å². The fraction of sp³-hybridized carbons (Fsp3) is 0.682. The van der Waals surface area contributed by atoms with E-state index in [1.165, 1.54) is 57.1 Å². The maximum Gasteiger partial charge on any atom is 0.481 e. The quantitative estimate of drug-likeness (QED) is 0.0317. The summed E-state index contributed by atoms with van der Waals surface area (Å²) in [6, 6.07) is 8.98. The number of nitrogens with two attached hydrogens (primary N) is 1. The highest BCUT2D eigenvalue weighted by atomic mass is 31.3. The van der Waals surface area contributed by atoms with Crippen LogP contribution in [0.5, 0.6) is 0 Å². The van der Waals surface area contributed by atoms with E-state index in [1.54, 1.807) is 0 Å². The summed E-state index contributed by atoms with van der Waals surface area (Å²) in [6.07, 6.45) is 7.65. The van der Waals surface area contributed by atoms with Crippen LogP contribution in [-0.2, 0) is 63.5 Å². The van der Waals surface area contributed by atoms with Crippen molar-refractivity contribution in [2.45, 2.75) is 148 Å². The Morgan fingerprint density at radius 2 is 1.49 bits per heavy atom. The van der Waals surface area contributed by atoms with Gasteiger partial charge in [-0.1, -0.05) is 64.3 Å². The molecule has 71 heavy (non-hydrogen) atoms. The molecule has 3 fully saturated rings. The van der Waals surface area contributed by atoms with Gasteiger partial charge in [-0.15, -0.1) is 0 Å². The number of aliphatic hydroxyl groups excluding tert-OH is 2. The summed E-state index contributed by atoms with van der Waals surface area (Å²) in [5.41, 5.74) is 7.33. The van der Waals surface area contributed by atoms with E-state index >= 15 is 0 Å². The number of carbonyl (C=O) groups is 3. The van der Waals surface area contributed by atoms with Gasteiger partial charge in [0.2, 0.25) is 11.8 Å². The molecule has 2 aromatic heterocycles. The number of nitrogens with one attached hydrogen (secondary N) is 2. The normalized spacial score (nSPS) is 22.6. The Balaban J connectivity index is 0.842. The van der Waals surface area contributed by atoms with E-state index in [1.807, 2.05) is 0 Å². The van der Waals surface area contributed by atoms with Crippen LogP contribution in [0.2, 0.25) is 0 Å². The number of ketones is 1. The Bertz CT molecular complexity index is 2460. The molecule has 0 radical (unpaired) electrons. The number of hydrogen-bond donors (Lipinski definition) is 9. The molecule has 2 amide bonds. The van der Waals surface area contributed by atoms with E-state index < -0.39 is 84.6 Å². The number of benzene rings is 1. The van der Waals surface area contributed by atoms with E-state index in [-0.39, 0.29) is 54.1 Å². The van der Waals surface area contributed by atoms with Gasteiger partial charge in [-0.25, -0.2) is 28.6 Å². The Morgan fingerprint density at radius 1 is 0.873 bits per heavy atom.